The van der Waals surface area contributed by atoms with Crippen molar-refractivity contribution in [2.75, 3.05) is 19.8 Å². The van der Waals surface area contributed by atoms with Gasteiger partial charge >= 0.3 is 12.1 Å². The highest BCUT2D eigenvalue weighted by Crippen LogP contribution is 2.44. The summed E-state index contributed by atoms with van der Waals surface area (Å²) in [4.78, 5) is 39.6. The molecule has 0 spiro atoms. The molecule has 3 N–H and O–H groups in total. The van der Waals surface area contributed by atoms with Crippen LogP contribution in [0.1, 0.15) is 23.5 Å². The second-order valence-corrected chi connectivity index (χ2v) is 7.31. The molecular weight excluding hydrogens is 404 g/mol. The predicted molar refractivity (Wildman–Crippen MR) is 108 cm³/mol. The lowest BCUT2D eigenvalue weighted by Gasteiger charge is -2.20. The molecule has 9 heteroatoms. The van der Waals surface area contributed by atoms with Gasteiger partial charge in [0.15, 0.2) is 12.7 Å². The van der Waals surface area contributed by atoms with Crippen molar-refractivity contribution >= 4 is 18.0 Å². The highest BCUT2D eigenvalue weighted by atomic mass is 16.7. The molecule has 2 aromatic rings. The number of alkyl carbamates (subject to hydrolysis) is 1. The average molecular weight is 426 g/mol. The molecule has 2 aromatic carbocycles. The van der Waals surface area contributed by atoms with E-state index in [4.69, 9.17) is 14.6 Å². The van der Waals surface area contributed by atoms with Crippen molar-refractivity contribution in [3.8, 4) is 11.1 Å². The zero-order valence-electron chi connectivity index (χ0n) is 16.6. The minimum absolute atomic E-state index is 0.0681. The first-order valence-electron chi connectivity index (χ1n) is 9.91. The first kappa shape index (κ1) is 20.8. The number of rotatable bonds is 7. The number of carbonyl (C=O) groups is 3. The van der Waals surface area contributed by atoms with Gasteiger partial charge in [-0.3, -0.25) is 9.63 Å². The van der Waals surface area contributed by atoms with Gasteiger partial charge in [0.05, 0.1) is 6.04 Å². The minimum Gasteiger partial charge on any atom is -0.479 e. The highest BCUT2D eigenvalue weighted by Gasteiger charge is 2.36. The Morgan fingerprint density at radius 3 is 2.32 bits per heavy atom. The molecule has 1 aliphatic carbocycles. The van der Waals surface area contributed by atoms with Crippen LogP contribution in [-0.2, 0) is 23.9 Å². The number of carboxylic acids is 1. The smallest absolute Gasteiger partial charge is 0.407 e. The van der Waals surface area contributed by atoms with E-state index in [-0.39, 0.29) is 19.1 Å². The molecular formula is C22H22N2O7. The normalized spacial score (nSPS) is 19.4. The Hall–Kier alpha value is -3.43. The number of hydrogen-bond donors (Lipinski definition) is 3. The zero-order chi connectivity index (χ0) is 21.8. The van der Waals surface area contributed by atoms with Gasteiger partial charge in [-0.15, -0.1) is 0 Å². The second-order valence-electron chi connectivity index (χ2n) is 7.31. The molecule has 4 rings (SSSR count). The maximum atomic E-state index is 12.4. The van der Waals surface area contributed by atoms with Gasteiger partial charge in [-0.05, 0) is 28.7 Å². The minimum atomic E-state index is -1.22. The van der Waals surface area contributed by atoms with Crippen LogP contribution >= 0.6 is 0 Å². The van der Waals surface area contributed by atoms with Crippen LogP contribution in [0.25, 0.3) is 11.1 Å². The fourth-order valence-corrected chi connectivity index (χ4v) is 4.01. The highest BCUT2D eigenvalue weighted by molar-refractivity contribution is 5.82. The van der Waals surface area contributed by atoms with E-state index in [9.17, 15) is 14.4 Å². The van der Waals surface area contributed by atoms with Crippen molar-refractivity contribution in [3.05, 3.63) is 59.7 Å². The molecule has 0 saturated carbocycles. The third-order valence-corrected chi connectivity index (χ3v) is 5.37. The maximum absolute atomic E-state index is 12.4. The molecule has 2 unspecified atom stereocenters. The Labute approximate surface area is 178 Å². The first-order chi connectivity index (χ1) is 15.0. The molecule has 2 atom stereocenters. The molecule has 2 aliphatic rings. The van der Waals surface area contributed by atoms with E-state index >= 15 is 0 Å². The molecule has 1 saturated heterocycles. The van der Waals surface area contributed by atoms with Crippen molar-refractivity contribution < 1.29 is 33.8 Å². The average Bonchev–Trinajstić information content (AvgIpc) is 3.34. The number of carboxylic acid groups (broad SMARTS) is 1. The van der Waals surface area contributed by atoms with Gasteiger partial charge in [0.1, 0.15) is 6.61 Å². The van der Waals surface area contributed by atoms with Crippen LogP contribution in [0.15, 0.2) is 48.5 Å². The van der Waals surface area contributed by atoms with E-state index in [0.29, 0.717) is 6.42 Å². The zero-order valence-corrected chi connectivity index (χ0v) is 16.6. The fraction of sp³-hybridized carbons (Fsp3) is 0.318. The molecule has 0 radical (unpaired) electrons. The van der Waals surface area contributed by atoms with Gasteiger partial charge in [-0.2, -0.15) is 0 Å². The number of aliphatic carboxylic acids is 1. The van der Waals surface area contributed by atoms with Crippen LogP contribution in [0, 0.1) is 0 Å². The SMILES string of the molecule is O=C(O)CONC(=O)C1OCCC1NC(=O)OCC1c2ccccc2-c2ccccc21. The number of nitrogens with one attached hydrogen (secondary N) is 2. The number of fused-ring (bicyclic) bond motifs is 3. The van der Waals surface area contributed by atoms with Gasteiger partial charge in [0, 0.05) is 12.5 Å². The summed E-state index contributed by atoms with van der Waals surface area (Å²) in [6.07, 6.45) is -1.22. The van der Waals surface area contributed by atoms with Gasteiger partial charge in [0.25, 0.3) is 5.91 Å². The van der Waals surface area contributed by atoms with Crippen LogP contribution in [-0.4, -0.2) is 55.0 Å². The van der Waals surface area contributed by atoms with Crippen LogP contribution < -0.4 is 10.8 Å². The van der Waals surface area contributed by atoms with Gasteiger partial charge in [0.2, 0.25) is 0 Å². The van der Waals surface area contributed by atoms with Crippen molar-refractivity contribution in [2.24, 2.45) is 0 Å². The van der Waals surface area contributed by atoms with Gasteiger partial charge in [-0.25, -0.2) is 15.1 Å². The molecule has 1 fully saturated rings. The summed E-state index contributed by atoms with van der Waals surface area (Å²) in [5.74, 6) is -1.95. The maximum Gasteiger partial charge on any atom is 0.407 e. The summed E-state index contributed by atoms with van der Waals surface area (Å²) in [7, 11) is 0. The predicted octanol–water partition coefficient (Wildman–Crippen LogP) is 1.82. The Morgan fingerprint density at radius 2 is 1.68 bits per heavy atom. The van der Waals surface area contributed by atoms with E-state index in [2.05, 4.69) is 22.3 Å². The lowest BCUT2D eigenvalue weighted by Crippen LogP contribution is -2.48. The Kier molecular flexibility index (Phi) is 6.15. The van der Waals surface area contributed by atoms with Crippen molar-refractivity contribution in [2.45, 2.75) is 24.5 Å². The number of carbonyl (C=O) groups excluding carboxylic acids is 2. The molecule has 9 nitrogen and oxygen atoms in total. The Balaban J connectivity index is 1.34. The summed E-state index contributed by atoms with van der Waals surface area (Å²) in [5.41, 5.74) is 6.50. The van der Waals surface area contributed by atoms with Crippen LogP contribution in [0.3, 0.4) is 0 Å². The van der Waals surface area contributed by atoms with Crippen molar-refractivity contribution in [1.29, 1.82) is 0 Å². The van der Waals surface area contributed by atoms with E-state index < -0.39 is 36.7 Å². The van der Waals surface area contributed by atoms with E-state index in [1.165, 1.54) is 0 Å². The molecule has 2 amide bonds. The van der Waals surface area contributed by atoms with E-state index in [1.807, 2.05) is 41.9 Å². The lowest BCUT2D eigenvalue weighted by molar-refractivity contribution is -0.153. The van der Waals surface area contributed by atoms with Crippen molar-refractivity contribution in [1.82, 2.24) is 10.8 Å². The monoisotopic (exact) mass is 426 g/mol. The first-order valence-corrected chi connectivity index (χ1v) is 9.91. The third kappa shape index (κ3) is 4.52. The summed E-state index contributed by atoms with van der Waals surface area (Å²) in [6.45, 7) is -0.250. The molecule has 1 aliphatic heterocycles. The lowest BCUT2D eigenvalue weighted by atomic mass is 9.98. The van der Waals surface area contributed by atoms with E-state index in [1.54, 1.807) is 0 Å². The quantitative estimate of drug-likeness (QED) is 0.577. The van der Waals surface area contributed by atoms with Gasteiger partial charge in [-0.1, -0.05) is 48.5 Å². The standard InChI is InChI=1S/C22H22N2O7/c25-19(26)12-31-24-21(27)20-18(9-10-29-20)23-22(28)30-11-17-15-7-3-1-5-13(15)14-6-2-4-8-16(14)17/h1-8,17-18,20H,9-12H2,(H,23,28)(H,24,27)(H,25,26). The summed E-state index contributed by atoms with van der Waals surface area (Å²) in [6, 6.07) is 15.5. The summed E-state index contributed by atoms with van der Waals surface area (Å²) in [5, 5.41) is 11.2. The Bertz CT molecular complexity index is 948. The van der Waals surface area contributed by atoms with Crippen LogP contribution in [0.2, 0.25) is 0 Å². The van der Waals surface area contributed by atoms with Crippen LogP contribution in [0.4, 0.5) is 4.79 Å². The number of ether oxygens (including phenoxy) is 2. The summed E-state index contributed by atoms with van der Waals surface area (Å²) >= 11 is 0. The third-order valence-electron chi connectivity index (χ3n) is 5.37. The fourth-order valence-electron chi connectivity index (χ4n) is 4.01. The molecule has 162 valence electrons. The molecule has 1 heterocycles. The Morgan fingerprint density at radius 1 is 1.03 bits per heavy atom. The van der Waals surface area contributed by atoms with Crippen LogP contribution in [0.5, 0.6) is 0 Å². The molecule has 0 aromatic heterocycles. The molecule has 31 heavy (non-hydrogen) atoms. The van der Waals surface area contributed by atoms with Gasteiger partial charge < -0.3 is 19.9 Å². The summed E-state index contributed by atoms with van der Waals surface area (Å²) < 4.78 is 10.8. The number of hydroxylamine groups is 1. The van der Waals surface area contributed by atoms with Crippen molar-refractivity contribution in [3.63, 3.8) is 0 Å². The topological polar surface area (TPSA) is 123 Å². The number of benzene rings is 2. The largest absolute Gasteiger partial charge is 0.479 e. The molecule has 0 bridgehead atoms. The number of hydrogen-bond acceptors (Lipinski definition) is 6. The van der Waals surface area contributed by atoms with E-state index in [0.717, 1.165) is 22.3 Å². The number of amides is 2. The second kappa shape index (κ2) is 9.15.